The quantitative estimate of drug-likeness (QED) is 0.728. The van der Waals surface area contributed by atoms with E-state index in [2.05, 4.69) is 16.0 Å². The highest BCUT2D eigenvalue weighted by atomic mass is 16.6. The zero-order valence-corrected chi connectivity index (χ0v) is 19.0. The molecule has 0 bridgehead atoms. The third-order valence-electron chi connectivity index (χ3n) is 6.35. The van der Waals surface area contributed by atoms with Crippen LogP contribution in [0.25, 0.3) is 0 Å². The van der Waals surface area contributed by atoms with Crippen molar-refractivity contribution in [3.05, 3.63) is 30.1 Å². The van der Waals surface area contributed by atoms with E-state index in [1.807, 2.05) is 39.1 Å². The van der Waals surface area contributed by atoms with Crippen molar-refractivity contribution in [2.45, 2.75) is 70.8 Å². The average Bonchev–Trinajstić information content (AvgIpc) is 2.73. The summed E-state index contributed by atoms with van der Waals surface area (Å²) in [6.07, 6.45) is 7.42. The highest BCUT2D eigenvalue weighted by Crippen LogP contribution is 2.33. The minimum Gasteiger partial charge on any atom is -0.444 e. The summed E-state index contributed by atoms with van der Waals surface area (Å²) < 4.78 is 5.44. The predicted octanol–water partition coefficient (Wildman–Crippen LogP) is 4.46. The van der Waals surface area contributed by atoms with Crippen LogP contribution in [0.15, 0.2) is 24.4 Å². The van der Waals surface area contributed by atoms with Gasteiger partial charge in [0.1, 0.15) is 5.60 Å². The molecule has 2 fully saturated rings. The van der Waals surface area contributed by atoms with Crippen LogP contribution in [0.4, 0.5) is 4.79 Å². The number of likely N-dealkylation sites (tertiary alicyclic amines) is 1. The van der Waals surface area contributed by atoms with Crippen molar-refractivity contribution in [1.29, 1.82) is 0 Å². The zero-order chi connectivity index (χ0) is 21.7. The predicted molar refractivity (Wildman–Crippen MR) is 117 cm³/mol. The molecule has 166 valence electrons. The van der Waals surface area contributed by atoms with E-state index in [9.17, 15) is 9.59 Å². The van der Waals surface area contributed by atoms with Crippen molar-refractivity contribution in [2.75, 3.05) is 26.7 Å². The average molecular weight is 416 g/mol. The molecule has 0 N–H and O–H groups in total. The van der Waals surface area contributed by atoms with Crippen LogP contribution in [0.5, 0.6) is 0 Å². The Morgan fingerprint density at radius 1 is 1.10 bits per heavy atom. The molecule has 0 aromatic carbocycles. The van der Waals surface area contributed by atoms with Crippen LogP contribution in [0.2, 0.25) is 0 Å². The lowest BCUT2D eigenvalue weighted by Crippen LogP contribution is -2.43. The number of rotatable bonds is 4. The molecule has 2 amide bonds. The molecule has 30 heavy (non-hydrogen) atoms. The van der Waals surface area contributed by atoms with Crippen molar-refractivity contribution < 1.29 is 14.3 Å². The van der Waals surface area contributed by atoms with Gasteiger partial charge in [0.25, 0.3) is 0 Å². The van der Waals surface area contributed by atoms with Crippen LogP contribution in [0.1, 0.15) is 70.9 Å². The van der Waals surface area contributed by atoms with Crippen LogP contribution in [-0.2, 0) is 9.53 Å². The molecule has 2 heterocycles. The first kappa shape index (κ1) is 22.6. The van der Waals surface area contributed by atoms with Crippen LogP contribution < -0.4 is 0 Å². The van der Waals surface area contributed by atoms with Crippen LogP contribution in [0.3, 0.4) is 0 Å². The lowest BCUT2D eigenvalue weighted by atomic mass is 9.80. The van der Waals surface area contributed by atoms with Gasteiger partial charge < -0.3 is 14.5 Å². The van der Waals surface area contributed by atoms with E-state index in [-0.39, 0.29) is 12.0 Å². The molecule has 0 radical (unpaired) electrons. The number of piperidine rings is 1. The molecule has 1 aliphatic carbocycles. The zero-order valence-electron chi connectivity index (χ0n) is 19.0. The number of hydrogen-bond donors (Lipinski definition) is 0. The number of amides is 2. The normalized spacial score (nSPS) is 23.1. The highest BCUT2D eigenvalue weighted by molar-refractivity contribution is 5.79. The summed E-state index contributed by atoms with van der Waals surface area (Å²) >= 11 is 0. The lowest BCUT2D eigenvalue weighted by Gasteiger charge is -2.37. The molecule has 0 unspecified atom stereocenters. The van der Waals surface area contributed by atoms with Gasteiger partial charge in [-0.3, -0.25) is 9.78 Å². The topological polar surface area (TPSA) is 62.7 Å². The molecule has 6 heteroatoms. The smallest absolute Gasteiger partial charge is 0.410 e. The minimum absolute atomic E-state index is 0.138. The summed E-state index contributed by atoms with van der Waals surface area (Å²) in [5, 5.41) is 0. The van der Waals surface area contributed by atoms with E-state index < -0.39 is 5.60 Å². The standard InChI is InChI=1S/C24H37N3O3/c1-24(2,3)30-23(29)26(4)17-18-8-10-20(11-9-18)22(28)27-15-12-19(13-16-27)21-7-5-6-14-25-21/h5-7,14,18-20H,8-13,15-17H2,1-4H3. The van der Waals surface area contributed by atoms with Crippen LogP contribution >= 0.6 is 0 Å². The Morgan fingerprint density at radius 2 is 1.77 bits per heavy atom. The Balaban J connectivity index is 1.41. The third kappa shape index (κ3) is 6.19. The first-order chi connectivity index (χ1) is 14.2. The molecule has 0 spiro atoms. The maximum atomic E-state index is 13.0. The number of ether oxygens (including phenoxy) is 1. The fourth-order valence-corrected chi connectivity index (χ4v) is 4.66. The molecule has 1 saturated carbocycles. The molecule has 2 aliphatic rings. The number of hydrogen-bond acceptors (Lipinski definition) is 4. The summed E-state index contributed by atoms with van der Waals surface area (Å²) in [5.41, 5.74) is 0.679. The van der Waals surface area contributed by atoms with Gasteiger partial charge in [0.05, 0.1) is 0 Å². The van der Waals surface area contributed by atoms with Gasteiger partial charge in [-0.1, -0.05) is 6.07 Å². The third-order valence-corrected chi connectivity index (χ3v) is 6.35. The summed E-state index contributed by atoms with van der Waals surface area (Å²) in [5.74, 6) is 1.38. The van der Waals surface area contributed by atoms with Gasteiger partial charge in [0.2, 0.25) is 5.91 Å². The fourth-order valence-electron chi connectivity index (χ4n) is 4.66. The molecule has 3 rings (SSSR count). The lowest BCUT2D eigenvalue weighted by molar-refractivity contribution is -0.138. The number of carbonyl (C=O) groups excluding carboxylic acids is 2. The molecule has 1 saturated heterocycles. The van der Waals surface area contributed by atoms with Crippen LogP contribution in [-0.4, -0.2) is 59.1 Å². The van der Waals surface area contributed by atoms with E-state index in [0.29, 0.717) is 24.3 Å². The van der Waals surface area contributed by atoms with Crippen molar-refractivity contribution in [2.24, 2.45) is 11.8 Å². The van der Waals surface area contributed by atoms with E-state index >= 15 is 0 Å². The Kier molecular flexibility index (Phi) is 7.37. The number of aromatic nitrogens is 1. The molecule has 6 nitrogen and oxygen atoms in total. The van der Waals surface area contributed by atoms with E-state index in [1.54, 1.807) is 11.9 Å². The molecular formula is C24H37N3O3. The maximum absolute atomic E-state index is 13.0. The molecule has 1 aliphatic heterocycles. The Hall–Kier alpha value is -2.11. The molecule has 0 atom stereocenters. The summed E-state index contributed by atoms with van der Waals surface area (Å²) in [4.78, 5) is 33.4. The van der Waals surface area contributed by atoms with Crippen molar-refractivity contribution in [3.63, 3.8) is 0 Å². The van der Waals surface area contributed by atoms with Gasteiger partial charge in [-0.15, -0.1) is 0 Å². The van der Waals surface area contributed by atoms with Crippen LogP contribution in [0, 0.1) is 11.8 Å². The first-order valence-electron chi connectivity index (χ1n) is 11.4. The van der Waals surface area contributed by atoms with Gasteiger partial charge in [-0.2, -0.15) is 0 Å². The molecular weight excluding hydrogens is 378 g/mol. The van der Waals surface area contributed by atoms with Crippen molar-refractivity contribution >= 4 is 12.0 Å². The number of nitrogens with zero attached hydrogens (tertiary/aromatic N) is 3. The SMILES string of the molecule is CN(CC1CCC(C(=O)N2CCC(c3ccccn3)CC2)CC1)C(=O)OC(C)(C)C. The van der Waals surface area contributed by atoms with Gasteiger partial charge in [0.15, 0.2) is 0 Å². The second kappa shape index (κ2) is 9.80. The summed E-state index contributed by atoms with van der Waals surface area (Å²) in [6.45, 7) is 8.02. The minimum atomic E-state index is -0.473. The fraction of sp³-hybridized carbons (Fsp3) is 0.708. The Morgan fingerprint density at radius 3 is 2.33 bits per heavy atom. The van der Waals surface area contributed by atoms with Gasteiger partial charge in [-0.05, 0) is 77.3 Å². The molecule has 1 aromatic rings. The largest absolute Gasteiger partial charge is 0.444 e. The first-order valence-corrected chi connectivity index (χ1v) is 11.4. The Labute approximate surface area is 181 Å². The second-order valence-corrected chi connectivity index (χ2v) is 9.93. The number of carbonyl (C=O) groups is 2. The van der Waals surface area contributed by atoms with E-state index in [4.69, 9.17) is 4.74 Å². The summed E-state index contributed by atoms with van der Waals surface area (Å²) in [6, 6.07) is 6.08. The van der Waals surface area contributed by atoms with Crippen molar-refractivity contribution in [3.8, 4) is 0 Å². The maximum Gasteiger partial charge on any atom is 0.410 e. The van der Waals surface area contributed by atoms with Gasteiger partial charge >= 0.3 is 6.09 Å². The number of pyridine rings is 1. The van der Waals surface area contributed by atoms with E-state index in [1.165, 1.54) is 0 Å². The van der Waals surface area contributed by atoms with Gasteiger partial charge in [0, 0.05) is 50.4 Å². The monoisotopic (exact) mass is 415 g/mol. The highest BCUT2D eigenvalue weighted by Gasteiger charge is 2.33. The molecule has 1 aromatic heterocycles. The summed E-state index contributed by atoms with van der Waals surface area (Å²) in [7, 11) is 1.80. The van der Waals surface area contributed by atoms with E-state index in [0.717, 1.165) is 57.3 Å². The van der Waals surface area contributed by atoms with Gasteiger partial charge in [-0.25, -0.2) is 4.79 Å². The second-order valence-electron chi connectivity index (χ2n) is 9.93. The van der Waals surface area contributed by atoms with Crippen molar-refractivity contribution in [1.82, 2.24) is 14.8 Å². The Bertz CT molecular complexity index is 700.